The van der Waals surface area contributed by atoms with Crippen LogP contribution in [0.25, 0.3) is 0 Å². The fourth-order valence-electron chi connectivity index (χ4n) is 3.54. The van der Waals surface area contributed by atoms with E-state index >= 15 is 0 Å². The third-order valence-electron chi connectivity index (χ3n) is 5.15. The predicted molar refractivity (Wildman–Crippen MR) is 116 cm³/mol. The summed E-state index contributed by atoms with van der Waals surface area (Å²) >= 11 is 1.31. The van der Waals surface area contributed by atoms with Crippen LogP contribution in [-0.2, 0) is 11.2 Å². The molecule has 1 aliphatic heterocycles. The van der Waals surface area contributed by atoms with Gasteiger partial charge in [0.2, 0.25) is 11.0 Å². The van der Waals surface area contributed by atoms with Crippen LogP contribution in [0.4, 0.5) is 10.8 Å². The van der Waals surface area contributed by atoms with Crippen molar-refractivity contribution in [3.63, 3.8) is 0 Å². The Labute approximate surface area is 178 Å². The van der Waals surface area contributed by atoms with Crippen LogP contribution in [0.15, 0.2) is 48.5 Å². The summed E-state index contributed by atoms with van der Waals surface area (Å²) in [5.74, 6) is 0.470. The highest BCUT2D eigenvalue weighted by atomic mass is 32.1. The fourth-order valence-corrected chi connectivity index (χ4v) is 4.37. The van der Waals surface area contributed by atoms with Gasteiger partial charge in [0.15, 0.2) is 0 Å². The maximum Gasteiger partial charge on any atom is 0.257 e. The first-order chi connectivity index (χ1) is 14.6. The number of aryl methyl sites for hydroxylation is 1. The fraction of sp³-hybridized carbons (Fsp3) is 0.273. The third-order valence-corrected chi connectivity index (χ3v) is 6.15. The van der Waals surface area contributed by atoms with Crippen LogP contribution in [0.3, 0.4) is 0 Å². The van der Waals surface area contributed by atoms with Crippen molar-refractivity contribution < 1.29 is 14.3 Å². The van der Waals surface area contributed by atoms with Crippen molar-refractivity contribution >= 4 is 34.0 Å². The van der Waals surface area contributed by atoms with Crippen LogP contribution >= 0.6 is 11.3 Å². The Morgan fingerprint density at radius 1 is 1.20 bits per heavy atom. The lowest BCUT2D eigenvalue weighted by molar-refractivity contribution is -0.117. The number of methoxy groups -OCH3 is 1. The summed E-state index contributed by atoms with van der Waals surface area (Å²) in [4.78, 5) is 26.9. The standard InChI is InChI=1S/C22H22N4O3S/c1-3-14-6-4-5-7-18(14)26-13-16(12-19(26)27)21-24-25-22(30-21)23-20(28)15-8-10-17(29-2)11-9-15/h4-11,16H,3,12-13H2,1-2H3,(H,23,25,28)/t16-/m0/s1. The molecule has 154 valence electrons. The van der Waals surface area contributed by atoms with Crippen LogP contribution in [0.5, 0.6) is 5.75 Å². The average molecular weight is 423 g/mol. The second-order valence-electron chi connectivity index (χ2n) is 7.02. The predicted octanol–water partition coefficient (Wildman–Crippen LogP) is 3.88. The van der Waals surface area contributed by atoms with Crippen molar-refractivity contribution in [2.75, 3.05) is 23.9 Å². The highest BCUT2D eigenvalue weighted by Gasteiger charge is 2.34. The topological polar surface area (TPSA) is 84.4 Å². The Hall–Kier alpha value is -3.26. The molecule has 30 heavy (non-hydrogen) atoms. The second-order valence-corrected chi connectivity index (χ2v) is 8.02. The lowest BCUT2D eigenvalue weighted by Crippen LogP contribution is -2.25. The van der Waals surface area contributed by atoms with Crippen LogP contribution in [0.2, 0.25) is 0 Å². The molecule has 3 aromatic rings. The molecule has 7 nitrogen and oxygen atoms in total. The number of amides is 2. The molecular formula is C22H22N4O3S. The van der Waals surface area contributed by atoms with E-state index in [9.17, 15) is 9.59 Å². The van der Waals surface area contributed by atoms with E-state index in [0.717, 1.165) is 22.7 Å². The molecule has 0 spiro atoms. The second kappa shape index (κ2) is 8.62. The Bertz CT molecular complexity index is 1060. The van der Waals surface area contributed by atoms with Gasteiger partial charge < -0.3 is 9.64 Å². The Balaban J connectivity index is 1.45. The summed E-state index contributed by atoms with van der Waals surface area (Å²) in [6.45, 7) is 2.65. The van der Waals surface area contributed by atoms with Crippen LogP contribution < -0.4 is 15.0 Å². The molecule has 1 N–H and O–H groups in total. The lowest BCUT2D eigenvalue weighted by Gasteiger charge is -2.19. The summed E-state index contributed by atoms with van der Waals surface area (Å²) in [6, 6.07) is 14.8. The molecule has 2 amide bonds. The van der Waals surface area contributed by atoms with Crippen molar-refractivity contribution in [1.29, 1.82) is 0 Å². The zero-order chi connectivity index (χ0) is 21.1. The van der Waals surface area contributed by atoms with E-state index in [0.29, 0.717) is 29.4 Å². The highest BCUT2D eigenvalue weighted by Crippen LogP contribution is 2.35. The summed E-state index contributed by atoms with van der Waals surface area (Å²) < 4.78 is 5.11. The van der Waals surface area contributed by atoms with Gasteiger partial charge in [-0.25, -0.2) is 0 Å². The molecule has 0 bridgehead atoms. The molecule has 0 aliphatic carbocycles. The van der Waals surface area contributed by atoms with E-state index in [1.54, 1.807) is 31.4 Å². The van der Waals surface area contributed by atoms with Gasteiger partial charge in [0, 0.05) is 30.1 Å². The van der Waals surface area contributed by atoms with Gasteiger partial charge in [-0.1, -0.05) is 36.5 Å². The van der Waals surface area contributed by atoms with E-state index in [2.05, 4.69) is 22.4 Å². The van der Waals surface area contributed by atoms with Gasteiger partial charge in [0.1, 0.15) is 10.8 Å². The minimum absolute atomic E-state index is 0.0356. The molecule has 1 saturated heterocycles. The SMILES string of the molecule is CCc1ccccc1N1C[C@@H](c2nnc(NC(=O)c3ccc(OC)cc3)s2)CC1=O. The van der Waals surface area contributed by atoms with Gasteiger partial charge in [-0.3, -0.25) is 14.9 Å². The number of anilines is 2. The zero-order valence-corrected chi connectivity index (χ0v) is 17.6. The maximum atomic E-state index is 12.7. The number of aromatic nitrogens is 2. The molecule has 0 unspecified atom stereocenters. The number of carbonyl (C=O) groups is 2. The molecule has 1 aliphatic rings. The molecular weight excluding hydrogens is 400 g/mol. The van der Waals surface area contributed by atoms with Gasteiger partial charge in [0.05, 0.1) is 7.11 Å². The monoisotopic (exact) mass is 422 g/mol. The van der Waals surface area contributed by atoms with Crippen LogP contribution in [0, 0.1) is 0 Å². The van der Waals surface area contributed by atoms with Crippen molar-refractivity contribution in [1.82, 2.24) is 10.2 Å². The number of ether oxygens (including phenoxy) is 1. The third kappa shape index (κ3) is 4.04. The normalized spacial score (nSPS) is 16.0. The van der Waals surface area contributed by atoms with Gasteiger partial charge in [-0.2, -0.15) is 0 Å². The number of para-hydroxylation sites is 1. The van der Waals surface area contributed by atoms with Crippen molar-refractivity contribution in [2.45, 2.75) is 25.7 Å². The first kappa shape index (κ1) is 20.0. The molecule has 0 radical (unpaired) electrons. The van der Waals surface area contributed by atoms with E-state index in [1.165, 1.54) is 11.3 Å². The average Bonchev–Trinajstić information content (AvgIpc) is 3.40. The minimum atomic E-state index is -0.263. The first-order valence-corrected chi connectivity index (χ1v) is 10.6. The minimum Gasteiger partial charge on any atom is -0.497 e. The highest BCUT2D eigenvalue weighted by molar-refractivity contribution is 7.15. The van der Waals surface area contributed by atoms with Gasteiger partial charge in [-0.05, 0) is 42.3 Å². The van der Waals surface area contributed by atoms with Gasteiger partial charge in [-0.15, -0.1) is 10.2 Å². The quantitative estimate of drug-likeness (QED) is 0.652. The Morgan fingerprint density at radius 3 is 2.70 bits per heavy atom. The molecule has 2 aromatic carbocycles. The van der Waals surface area contributed by atoms with Gasteiger partial charge in [0.25, 0.3) is 5.91 Å². The Kier molecular flexibility index (Phi) is 5.76. The lowest BCUT2D eigenvalue weighted by atomic mass is 10.1. The van der Waals surface area contributed by atoms with Crippen molar-refractivity contribution in [3.8, 4) is 5.75 Å². The summed E-state index contributed by atoms with van der Waals surface area (Å²) in [7, 11) is 1.58. The van der Waals surface area contributed by atoms with E-state index in [1.807, 2.05) is 29.2 Å². The Morgan fingerprint density at radius 2 is 1.97 bits per heavy atom. The molecule has 0 saturated carbocycles. The number of nitrogens with one attached hydrogen (secondary N) is 1. The van der Waals surface area contributed by atoms with E-state index < -0.39 is 0 Å². The van der Waals surface area contributed by atoms with E-state index in [4.69, 9.17) is 4.74 Å². The van der Waals surface area contributed by atoms with Crippen molar-refractivity contribution in [3.05, 3.63) is 64.7 Å². The molecule has 1 atom stereocenters. The summed E-state index contributed by atoms with van der Waals surface area (Å²) in [6.07, 6.45) is 1.25. The molecule has 2 heterocycles. The summed E-state index contributed by atoms with van der Waals surface area (Å²) in [5, 5.41) is 12.3. The summed E-state index contributed by atoms with van der Waals surface area (Å²) in [5.41, 5.74) is 2.62. The molecule has 1 fully saturated rings. The van der Waals surface area contributed by atoms with E-state index in [-0.39, 0.29) is 17.7 Å². The van der Waals surface area contributed by atoms with Crippen LogP contribution in [-0.4, -0.2) is 35.7 Å². The zero-order valence-electron chi connectivity index (χ0n) is 16.8. The molecule has 1 aromatic heterocycles. The number of benzene rings is 2. The number of nitrogens with zero attached hydrogens (tertiary/aromatic N) is 3. The number of rotatable bonds is 6. The van der Waals surface area contributed by atoms with Crippen LogP contribution in [0.1, 0.15) is 40.2 Å². The van der Waals surface area contributed by atoms with Crippen molar-refractivity contribution in [2.24, 2.45) is 0 Å². The maximum absolute atomic E-state index is 12.7. The smallest absolute Gasteiger partial charge is 0.257 e. The number of hydrogen-bond donors (Lipinski definition) is 1. The van der Waals surface area contributed by atoms with Gasteiger partial charge >= 0.3 is 0 Å². The first-order valence-electron chi connectivity index (χ1n) is 9.76. The largest absolute Gasteiger partial charge is 0.497 e. The number of hydrogen-bond acceptors (Lipinski definition) is 6. The number of carbonyl (C=O) groups excluding carboxylic acids is 2. The molecule has 4 rings (SSSR count). The molecule has 8 heteroatoms.